The van der Waals surface area contributed by atoms with Crippen LogP contribution in [0.4, 0.5) is 19.1 Å². The number of nitrogens with zero attached hydrogens (tertiary/aromatic N) is 5. The van der Waals surface area contributed by atoms with Crippen LogP contribution >= 0.6 is 0 Å². The van der Waals surface area contributed by atoms with Crippen molar-refractivity contribution in [2.45, 2.75) is 37.3 Å². The first-order valence-electron chi connectivity index (χ1n) is 12.0. The molecular formula is C24H29F3N6O6S. The predicted octanol–water partition coefficient (Wildman–Crippen LogP) is 1.34. The molecule has 12 nitrogen and oxygen atoms in total. The lowest BCUT2D eigenvalue weighted by atomic mass is 10.3. The minimum Gasteiger partial charge on any atom is -0.475 e. The lowest BCUT2D eigenvalue weighted by Crippen LogP contribution is -2.44. The van der Waals surface area contributed by atoms with Gasteiger partial charge in [0.15, 0.2) is 21.0 Å². The number of alkyl halides is 3. The van der Waals surface area contributed by atoms with Gasteiger partial charge in [0.1, 0.15) is 5.88 Å². The minimum atomic E-state index is -5.08. The van der Waals surface area contributed by atoms with Crippen LogP contribution in [0.5, 0.6) is 0 Å². The van der Waals surface area contributed by atoms with E-state index in [0.29, 0.717) is 25.6 Å². The van der Waals surface area contributed by atoms with Crippen LogP contribution in [-0.4, -0.2) is 70.5 Å². The molecule has 0 bridgehead atoms. The Morgan fingerprint density at radius 2 is 1.68 bits per heavy atom. The van der Waals surface area contributed by atoms with Crippen molar-refractivity contribution in [3.63, 3.8) is 0 Å². The number of carboxylic acid groups (broad SMARTS) is 1. The monoisotopic (exact) mass is 586 g/mol. The Labute approximate surface area is 226 Å². The third kappa shape index (κ3) is 6.80. The van der Waals surface area contributed by atoms with Gasteiger partial charge in [-0.1, -0.05) is 29.8 Å². The highest BCUT2D eigenvalue weighted by atomic mass is 32.2. The molecule has 0 radical (unpaired) electrons. The Hall–Kier alpha value is -3.92. The number of hydrogen-bond acceptors (Lipinski definition) is 8. The first-order chi connectivity index (χ1) is 18.6. The van der Waals surface area contributed by atoms with Crippen LogP contribution in [0.2, 0.25) is 0 Å². The summed E-state index contributed by atoms with van der Waals surface area (Å²) >= 11 is 0. The van der Waals surface area contributed by atoms with Gasteiger partial charge < -0.3 is 19.9 Å². The second-order valence-corrected chi connectivity index (χ2v) is 11.1. The predicted molar refractivity (Wildman–Crippen MR) is 141 cm³/mol. The van der Waals surface area contributed by atoms with E-state index in [1.54, 1.807) is 22.8 Å². The van der Waals surface area contributed by atoms with E-state index in [-0.39, 0.29) is 16.1 Å². The molecule has 0 aliphatic carbocycles. The maximum absolute atomic E-state index is 13.5. The molecule has 40 heavy (non-hydrogen) atoms. The van der Waals surface area contributed by atoms with E-state index in [1.165, 1.54) is 23.7 Å². The van der Waals surface area contributed by atoms with Crippen LogP contribution in [0.3, 0.4) is 0 Å². The molecule has 218 valence electrons. The smallest absolute Gasteiger partial charge is 0.475 e. The van der Waals surface area contributed by atoms with Crippen molar-refractivity contribution < 1.29 is 31.5 Å². The number of benzene rings is 1. The van der Waals surface area contributed by atoms with Crippen LogP contribution in [0, 0.1) is 0 Å². The van der Waals surface area contributed by atoms with Crippen molar-refractivity contribution in [3.05, 3.63) is 62.8 Å². The van der Waals surface area contributed by atoms with E-state index in [0.717, 1.165) is 23.2 Å². The van der Waals surface area contributed by atoms with Gasteiger partial charge in [-0.25, -0.2) is 22.6 Å². The fourth-order valence-electron chi connectivity index (χ4n) is 3.90. The summed E-state index contributed by atoms with van der Waals surface area (Å²) in [5, 5.41) is 10.4. The Kier molecular flexibility index (Phi) is 9.25. The van der Waals surface area contributed by atoms with Gasteiger partial charge in [0.2, 0.25) is 5.95 Å². The quantitative estimate of drug-likeness (QED) is 0.408. The summed E-state index contributed by atoms with van der Waals surface area (Å²) in [6, 6.07) is 7.81. The van der Waals surface area contributed by atoms with Crippen LogP contribution in [0.1, 0.15) is 13.8 Å². The number of allylic oxidation sites excluding steroid dienone is 2. The van der Waals surface area contributed by atoms with Gasteiger partial charge in [-0.05, 0) is 26.0 Å². The molecule has 1 aliphatic rings. The molecule has 4 rings (SSSR count). The topological polar surface area (TPSA) is 149 Å². The van der Waals surface area contributed by atoms with Gasteiger partial charge >= 0.3 is 17.8 Å². The third-order valence-electron chi connectivity index (χ3n) is 5.94. The Morgan fingerprint density at radius 3 is 2.20 bits per heavy atom. The number of aryl methyl sites for hydroxylation is 1. The highest BCUT2D eigenvalue weighted by Crippen LogP contribution is 2.21. The van der Waals surface area contributed by atoms with E-state index in [9.17, 15) is 31.2 Å². The number of aliphatic carboxylic acids is 1. The fourth-order valence-corrected chi connectivity index (χ4v) is 5.19. The third-order valence-corrected chi connectivity index (χ3v) is 7.53. The number of carbonyl (C=O) groups is 1. The second kappa shape index (κ2) is 12.1. The van der Waals surface area contributed by atoms with Crippen LogP contribution in [0.25, 0.3) is 11.2 Å². The highest BCUT2D eigenvalue weighted by Gasteiger charge is 2.38. The average Bonchev–Trinajstić information content (AvgIpc) is 3.29. The SMILES string of the molecule is CC(C)=CCn1c(N2CCNCC2)nc2c1c(=O)n(CS(=O)(=O)c1ccccc1)c(=O)n2C.O=C(O)C(F)(F)F. The first-order valence-corrected chi connectivity index (χ1v) is 13.7. The van der Waals surface area contributed by atoms with E-state index in [1.807, 2.05) is 19.9 Å². The second-order valence-electron chi connectivity index (χ2n) is 9.15. The van der Waals surface area contributed by atoms with Gasteiger partial charge in [0, 0.05) is 39.8 Å². The van der Waals surface area contributed by atoms with E-state index in [4.69, 9.17) is 9.90 Å². The molecule has 1 fully saturated rings. The molecule has 2 N–H and O–H groups in total. The van der Waals surface area contributed by atoms with Crippen molar-refractivity contribution >= 4 is 32.9 Å². The summed E-state index contributed by atoms with van der Waals surface area (Å²) in [5.41, 5.74) is 0.148. The number of sulfone groups is 1. The molecule has 0 atom stereocenters. The number of hydrogen-bond donors (Lipinski definition) is 2. The van der Waals surface area contributed by atoms with E-state index < -0.39 is 39.1 Å². The van der Waals surface area contributed by atoms with Crippen molar-refractivity contribution in [3.8, 4) is 0 Å². The maximum Gasteiger partial charge on any atom is 0.490 e. The van der Waals surface area contributed by atoms with Crippen molar-refractivity contribution in [1.82, 2.24) is 24.0 Å². The number of imidazole rings is 1. The molecule has 1 aliphatic heterocycles. The normalized spacial score (nSPS) is 14.0. The summed E-state index contributed by atoms with van der Waals surface area (Å²) in [7, 11) is -2.40. The Balaban J connectivity index is 0.000000559. The average molecular weight is 587 g/mol. The van der Waals surface area contributed by atoms with Gasteiger partial charge in [-0.3, -0.25) is 9.36 Å². The maximum atomic E-state index is 13.5. The molecule has 1 saturated heterocycles. The van der Waals surface area contributed by atoms with Crippen molar-refractivity contribution in [1.29, 1.82) is 0 Å². The number of anilines is 1. The molecule has 16 heteroatoms. The van der Waals surface area contributed by atoms with E-state index >= 15 is 0 Å². The lowest BCUT2D eigenvalue weighted by molar-refractivity contribution is -0.192. The molecular weight excluding hydrogens is 557 g/mol. The van der Waals surface area contributed by atoms with Crippen molar-refractivity contribution in [2.75, 3.05) is 31.1 Å². The molecule has 0 unspecified atom stereocenters. The summed E-state index contributed by atoms with van der Waals surface area (Å²) in [5.74, 6) is -2.90. The first kappa shape index (κ1) is 30.6. The molecule has 0 spiro atoms. The number of halogens is 3. The van der Waals surface area contributed by atoms with Crippen molar-refractivity contribution in [2.24, 2.45) is 7.05 Å². The van der Waals surface area contributed by atoms with Crippen LogP contribution < -0.4 is 21.5 Å². The summed E-state index contributed by atoms with van der Waals surface area (Å²) in [6.45, 7) is 7.30. The number of aromatic nitrogens is 4. The number of nitrogens with one attached hydrogen (secondary N) is 1. The zero-order valence-corrected chi connectivity index (χ0v) is 22.8. The fraction of sp³-hybridized carbons (Fsp3) is 0.417. The number of rotatable bonds is 6. The lowest BCUT2D eigenvalue weighted by Gasteiger charge is -2.28. The summed E-state index contributed by atoms with van der Waals surface area (Å²) in [4.78, 5) is 42.3. The summed E-state index contributed by atoms with van der Waals surface area (Å²) < 4.78 is 61.5. The minimum absolute atomic E-state index is 0.0543. The number of carboxylic acids is 1. The molecule has 0 saturated carbocycles. The van der Waals surface area contributed by atoms with Gasteiger partial charge in [0.05, 0.1) is 4.90 Å². The Morgan fingerprint density at radius 1 is 1.10 bits per heavy atom. The van der Waals surface area contributed by atoms with Crippen LogP contribution in [0.15, 0.2) is 56.5 Å². The largest absolute Gasteiger partial charge is 0.490 e. The molecule has 1 aromatic carbocycles. The molecule has 0 amide bonds. The highest BCUT2D eigenvalue weighted by molar-refractivity contribution is 7.90. The Bertz CT molecular complexity index is 1630. The van der Waals surface area contributed by atoms with Gasteiger partial charge in [-0.2, -0.15) is 18.2 Å². The molecule has 2 aromatic heterocycles. The standard InChI is InChI=1S/C22H28N6O4S.C2HF3O2/c1-16(2)9-12-27-18-19(24-21(27)26-13-10-23-11-14-26)25(3)22(30)28(20(18)29)15-33(31,32)17-7-5-4-6-8-17;3-2(4,5)1(6)7/h4-9,23H,10-15H2,1-3H3;(H,6,7). The number of piperazine rings is 1. The van der Waals surface area contributed by atoms with Gasteiger partial charge in [0.25, 0.3) is 5.56 Å². The van der Waals surface area contributed by atoms with Gasteiger partial charge in [-0.15, -0.1) is 0 Å². The van der Waals surface area contributed by atoms with Crippen LogP contribution in [-0.2, 0) is 34.1 Å². The van der Waals surface area contributed by atoms with E-state index in [2.05, 4.69) is 15.2 Å². The summed E-state index contributed by atoms with van der Waals surface area (Å²) in [6.07, 6.45) is -3.11. The zero-order valence-electron chi connectivity index (χ0n) is 22.0. The zero-order chi connectivity index (χ0) is 29.8. The molecule has 3 aromatic rings. The number of fused-ring (bicyclic) bond motifs is 1. The molecule has 3 heterocycles.